The van der Waals surface area contributed by atoms with Crippen molar-refractivity contribution in [2.75, 3.05) is 6.61 Å². The van der Waals surface area contributed by atoms with Crippen LogP contribution in [0.4, 0.5) is 5.69 Å². The number of ether oxygens (including phenoxy) is 1. The molecule has 2 aromatic carbocycles. The van der Waals surface area contributed by atoms with Gasteiger partial charge in [0.1, 0.15) is 5.75 Å². The maximum atomic E-state index is 11.8. The molecule has 0 saturated carbocycles. The van der Waals surface area contributed by atoms with E-state index in [1.165, 1.54) is 24.3 Å². The number of hydrazine groups is 1. The highest BCUT2D eigenvalue weighted by Crippen LogP contribution is 2.17. The number of rotatable bonds is 6. The zero-order valence-corrected chi connectivity index (χ0v) is 13.5. The Hall–Kier alpha value is -3.42. The molecular weight excluding hydrogens is 326 g/mol. The number of nitrogens with one attached hydrogen (secondary N) is 2. The van der Waals surface area contributed by atoms with Gasteiger partial charge in [0, 0.05) is 12.1 Å². The molecule has 0 heterocycles. The fourth-order valence-corrected chi connectivity index (χ4v) is 2.01. The fourth-order valence-electron chi connectivity index (χ4n) is 2.01. The van der Waals surface area contributed by atoms with E-state index in [1.54, 1.807) is 0 Å². The SMILES string of the molecule is Cc1ccccc1CC(=O)NNC(=O)COc1ccc([N+](=O)[O-])cc1. The molecule has 0 radical (unpaired) electrons. The van der Waals surface area contributed by atoms with Crippen LogP contribution in [0.15, 0.2) is 48.5 Å². The Morgan fingerprint density at radius 1 is 1.04 bits per heavy atom. The van der Waals surface area contributed by atoms with Crippen LogP contribution in [-0.2, 0) is 16.0 Å². The van der Waals surface area contributed by atoms with Gasteiger partial charge in [0.05, 0.1) is 11.3 Å². The third-order valence-electron chi connectivity index (χ3n) is 3.37. The number of benzene rings is 2. The number of nitrogens with zero attached hydrogens (tertiary/aromatic N) is 1. The lowest BCUT2D eigenvalue weighted by molar-refractivity contribution is -0.384. The summed E-state index contributed by atoms with van der Waals surface area (Å²) in [6, 6.07) is 12.8. The van der Waals surface area contributed by atoms with Crippen LogP contribution >= 0.6 is 0 Å². The molecule has 8 heteroatoms. The standard InChI is InChI=1S/C17H17N3O5/c1-12-4-2-3-5-13(12)10-16(21)18-19-17(22)11-25-15-8-6-14(7-9-15)20(23)24/h2-9H,10-11H2,1H3,(H,18,21)(H,19,22). The summed E-state index contributed by atoms with van der Waals surface area (Å²) >= 11 is 0. The number of carbonyl (C=O) groups is 2. The second-order valence-corrected chi connectivity index (χ2v) is 5.24. The van der Waals surface area contributed by atoms with Crippen molar-refractivity contribution in [3.8, 4) is 5.75 Å². The second-order valence-electron chi connectivity index (χ2n) is 5.24. The van der Waals surface area contributed by atoms with Crippen LogP contribution in [0.25, 0.3) is 0 Å². The topological polar surface area (TPSA) is 111 Å². The van der Waals surface area contributed by atoms with Crippen LogP contribution in [0.1, 0.15) is 11.1 Å². The van der Waals surface area contributed by atoms with Gasteiger partial charge in [-0.25, -0.2) is 0 Å². The zero-order chi connectivity index (χ0) is 18.2. The highest BCUT2D eigenvalue weighted by Gasteiger charge is 2.09. The number of non-ortho nitro benzene ring substituents is 1. The molecule has 2 rings (SSSR count). The average molecular weight is 343 g/mol. The van der Waals surface area contributed by atoms with Crippen molar-refractivity contribution >= 4 is 17.5 Å². The van der Waals surface area contributed by atoms with Gasteiger partial charge < -0.3 is 4.74 Å². The Morgan fingerprint density at radius 2 is 1.68 bits per heavy atom. The van der Waals surface area contributed by atoms with Crippen LogP contribution in [0.5, 0.6) is 5.75 Å². The number of nitro benzene ring substituents is 1. The molecule has 0 bridgehead atoms. The molecule has 0 unspecified atom stereocenters. The minimum Gasteiger partial charge on any atom is -0.484 e. The number of amides is 2. The van der Waals surface area contributed by atoms with Crippen molar-refractivity contribution in [1.82, 2.24) is 10.9 Å². The highest BCUT2D eigenvalue weighted by atomic mass is 16.6. The predicted octanol–water partition coefficient (Wildman–Crippen LogP) is 1.67. The van der Waals surface area contributed by atoms with Crippen molar-refractivity contribution in [2.45, 2.75) is 13.3 Å². The van der Waals surface area contributed by atoms with Crippen LogP contribution in [0.3, 0.4) is 0 Å². The van der Waals surface area contributed by atoms with Gasteiger partial charge in [0.2, 0.25) is 5.91 Å². The summed E-state index contributed by atoms with van der Waals surface area (Å²) < 4.78 is 5.19. The first-order valence-corrected chi connectivity index (χ1v) is 7.45. The molecule has 0 aliphatic heterocycles. The van der Waals surface area contributed by atoms with Gasteiger partial charge in [0.25, 0.3) is 11.6 Å². The van der Waals surface area contributed by atoms with Crippen molar-refractivity contribution < 1.29 is 19.2 Å². The van der Waals surface area contributed by atoms with Gasteiger partial charge in [-0.3, -0.25) is 30.6 Å². The summed E-state index contributed by atoms with van der Waals surface area (Å²) in [5.41, 5.74) is 6.35. The molecule has 0 fully saturated rings. The van der Waals surface area contributed by atoms with Gasteiger partial charge >= 0.3 is 0 Å². The molecule has 2 amide bonds. The summed E-state index contributed by atoms with van der Waals surface area (Å²) in [5.74, 6) is -0.582. The van der Waals surface area contributed by atoms with Crippen LogP contribution in [0.2, 0.25) is 0 Å². The molecule has 0 aliphatic rings. The molecular formula is C17H17N3O5. The Labute approximate surface area is 143 Å². The minimum absolute atomic E-state index is 0.0692. The number of hydrogen-bond acceptors (Lipinski definition) is 5. The highest BCUT2D eigenvalue weighted by molar-refractivity contribution is 5.84. The summed E-state index contributed by atoms with van der Waals surface area (Å²) in [7, 11) is 0. The Bertz CT molecular complexity index is 774. The van der Waals surface area contributed by atoms with E-state index in [4.69, 9.17) is 4.74 Å². The van der Waals surface area contributed by atoms with E-state index >= 15 is 0 Å². The minimum atomic E-state index is -0.545. The van der Waals surface area contributed by atoms with Gasteiger partial charge in [-0.1, -0.05) is 24.3 Å². The van der Waals surface area contributed by atoms with Crippen molar-refractivity contribution in [2.24, 2.45) is 0 Å². The van der Waals surface area contributed by atoms with Crippen LogP contribution in [-0.4, -0.2) is 23.3 Å². The number of aryl methyl sites for hydroxylation is 1. The van der Waals surface area contributed by atoms with E-state index in [0.29, 0.717) is 5.75 Å². The molecule has 0 saturated heterocycles. The van der Waals surface area contributed by atoms with Gasteiger partial charge in [0.15, 0.2) is 6.61 Å². The molecule has 0 spiro atoms. The van der Waals surface area contributed by atoms with Crippen molar-refractivity contribution in [3.05, 3.63) is 69.8 Å². The average Bonchev–Trinajstić information content (AvgIpc) is 2.60. The van der Waals surface area contributed by atoms with E-state index in [9.17, 15) is 19.7 Å². The third-order valence-corrected chi connectivity index (χ3v) is 3.37. The monoisotopic (exact) mass is 343 g/mol. The third kappa shape index (κ3) is 5.61. The fraction of sp³-hybridized carbons (Fsp3) is 0.176. The van der Waals surface area contributed by atoms with Gasteiger partial charge in [-0.05, 0) is 30.2 Å². The maximum Gasteiger partial charge on any atom is 0.276 e. The Morgan fingerprint density at radius 3 is 2.32 bits per heavy atom. The number of nitro groups is 1. The zero-order valence-electron chi connectivity index (χ0n) is 13.5. The first-order chi connectivity index (χ1) is 12.0. The summed E-state index contributed by atoms with van der Waals surface area (Å²) in [5, 5.41) is 10.5. The summed E-state index contributed by atoms with van der Waals surface area (Å²) in [6.07, 6.45) is 0.149. The lowest BCUT2D eigenvalue weighted by Gasteiger charge is -2.09. The lowest BCUT2D eigenvalue weighted by atomic mass is 10.1. The predicted molar refractivity (Wildman–Crippen MR) is 89.8 cm³/mol. The Balaban J connectivity index is 1.74. The second kappa shape index (κ2) is 8.44. The molecule has 25 heavy (non-hydrogen) atoms. The molecule has 8 nitrogen and oxygen atoms in total. The van der Waals surface area contributed by atoms with E-state index in [0.717, 1.165) is 11.1 Å². The van der Waals surface area contributed by atoms with Gasteiger partial charge in [-0.15, -0.1) is 0 Å². The van der Waals surface area contributed by atoms with E-state index in [-0.39, 0.29) is 24.6 Å². The molecule has 130 valence electrons. The van der Waals surface area contributed by atoms with Crippen LogP contribution < -0.4 is 15.6 Å². The lowest BCUT2D eigenvalue weighted by Crippen LogP contribution is -2.44. The van der Waals surface area contributed by atoms with Crippen molar-refractivity contribution in [3.63, 3.8) is 0 Å². The van der Waals surface area contributed by atoms with E-state index in [1.807, 2.05) is 31.2 Å². The molecule has 2 aromatic rings. The maximum absolute atomic E-state index is 11.8. The first kappa shape index (κ1) is 17.9. The molecule has 0 atom stereocenters. The van der Waals surface area contributed by atoms with E-state index < -0.39 is 10.8 Å². The quantitative estimate of drug-likeness (QED) is 0.612. The Kier molecular flexibility index (Phi) is 6.05. The van der Waals surface area contributed by atoms with Crippen LogP contribution in [0, 0.1) is 17.0 Å². The van der Waals surface area contributed by atoms with Gasteiger partial charge in [-0.2, -0.15) is 0 Å². The molecule has 0 aliphatic carbocycles. The summed E-state index contributed by atoms with van der Waals surface area (Å²) in [6.45, 7) is 1.57. The normalized spacial score (nSPS) is 9.96. The first-order valence-electron chi connectivity index (χ1n) is 7.45. The molecule has 2 N–H and O–H groups in total. The summed E-state index contributed by atoms with van der Waals surface area (Å²) in [4.78, 5) is 33.5. The molecule has 0 aromatic heterocycles. The smallest absolute Gasteiger partial charge is 0.276 e. The van der Waals surface area contributed by atoms with Crippen molar-refractivity contribution in [1.29, 1.82) is 0 Å². The largest absolute Gasteiger partial charge is 0.484 e. The number of carbonyl (C=O) groups excluding carboxylic acids is 2. The van der Waals surface area contributed by atoms with E-state index in [2.05, 4.69) is 10.9 Å². The number of hydrogen-bond donors (Lipinski definition) is 2.